The second kappa shape index (κ2) is 7.22. The fourth-order valence-electron chi connectivity index (χ4n) is 2.03. The van der Waals surface area contributed by atoms with Crippen LogP contribution in [0, 0.1) is 6.92 Å². The third kappa shape index (κ3) is 4.18. The number of carbonyl (C=O) groups is 2. The van der Waals surface area contributed by atoms with Gasteiger partial charge in [0, 0.05) is 10.2 Å². The largest absolute Gasteiger partial charge is 0.465 e. The molecule has 1 N–H and O–H groups in total. The lowest BCUT2D eigenvalue weighted by molar-refractivity contribution is -0.115. The summed E-state index contributed by atoms with van der Waals surface area (Å²) in [5.74, 6) is -0.493. The van der Waals surface area contributed by atoms with E-state index in [-0.39, 0.29) is 5.91 Å². The van der Waals surface area contributed by atoms with Crippen molar-refractivity contribution >= 4 is 33.5 Å². The lowest BCUT2D eigenvalue weighted by Crippen LogP contribution is -2.15. The molecule has 0 atom stereocenters. The van der Waals surface area contributed by atoms with E-state index in [1.807, 2.05) is 31.2 Å². The van der Waals surface area contributed by atoms with Crippen LogP contribution in [0.4, 0.5) is 5.69 Å². The summed E-state index contributed by atoms with van der Waals surface area (Å²) >= 11 is 3.36. The highest BCUT2D eigenvalue weighted by molar-refractivity contribution is 9.10. The molecule has 0 saturated carbocycles. The number of nitrogens with one attached hydrogen (secondary N) is 1. The summed E-state index contributed by atoms with van der Waals surface area (Å²) in [6.45, 7) is 1.84. The number of amides is 1. The molecule has 0 aliphatic heterocycles. The minimum atomic E-state index is -0.393. The van der Waals surface area contributed by atoms with E-state index in [0.717, 1.165) is 15.6 Å². The van der Waals surface area contributed by atoms with Crippen LogP contribution in [-0.2, 0) is 16.0 Å². The van der Waals surface area contributed by atoms with Crippen LogP contribution in [-0.4, -0.2) is 19.0 Å². The minimum absolute atomic E-state index is 0.101. The molecule has 4 nitrogen and oxygen atoms in total. The summed E-state index contributed by atoms with van der Waals surface area (Å²) < 4.78 is 5.65. The Hall–Kier alpha value is -2.14. The number of methoxy groups -OCH3 is 1. The van der Waals surface area contributed by atoms with E-state index in [4.69, 9.17) is 0 Å². The highest BCUT2D eigenvalue weighted by Gasteiger charge is 2.10. The van der Waals surface area contributed by atoms with Gasteiger partial charge in [0.2, 0.25) is 5.91 Å². The molecule has 2 rings (SSSR count). The summed E-state index contributed by atoms with van der Waals surface area (Å²) in [7, 11) is 1.34. The van der Waals surface area contributed by atoms with Crippen LogP contribution < -0.4 is 5.32 Å². The van der Waals surface area contributed by atoms with Gasteiger partial charge in [-0.15, -0.1) is 0 Å². The number of benzene rings is 2. The van der Waals surface area contributed by atoms with Crippen LogP contribution in [0.3, 0.4) is 0 Å². The molecule has 0 aliphatic carbocycles. The van der Waals surface area contributed by atoms with Crippen molar-refractivity contribution in [1.82, 2.24) is 0 Å². The first-order chi connectivity index (χ1) is 10.5. The number of ether oxygens (including phenoxy) is 1. The van der Waals surface area contributed by atoms with E-state index in [1.165, 1.54) is 7.11 Å². The molecule has 0 spiro atoms. The summed E-state index contributed by atoms with van der Waals surface area (Å²) in [6, 6.07) is 12.6. The van der Waals surface area contributed by atoms with E-state index in [2.05, 4.69) is 26.0 Å². The average Bonchev–Trinajstić information content (AvgIpc) is 2.50. The van der Waals surface area contributed by atoms with Gasteiger partial charge in [0.15, 0.2) is 0 Å². The van der Waals surface area contributed by atoms with Crippen molar-refractivity contribution in [3.63, 3.8) is 0 Å². The molecule has 2 aromatic rings. The number of hydrogen-bond acceptors (Lipinski definition) is 3. The van der Waals surface area contributed by atoms with Gasteiger partial charge in [0.1, 0.15) is 0 Å². The molecule has 0 fully saturated rings. The minimum Gasteiger partial charge on any atom is -0.465 e. The van der Waals surface area contributed by atoms with Crippen molar-refractivity contribution in [2.45, 2.75) is 13.3 Å². The molecule has 2 aromatic carbocycles. The number of hydrogen-bond donors (Lipinski definition) is 1. The van der Waals surface area contributed by atoms with Crippen molar-refractivity contribution in [2.75, 3.05) is 12.4 Å². The number of carbonyl (C=O) groups excluding carboxylic acids is 2. The van der Waals surface area contributed by atoms with Gasteiger partial charge in [-0.3, -0.25) is 4.79 Å². The van der Waals surface area contributed by atoms with E-state index in [0.29, 0.717) is 17.7 Å². The van der Waals surface area contributed by atoms with Crippen LogP contribution in [0.5, 0.6) is 0 Å². The molecule has 0 bridgehead atoms. The molecule has 0 aromatic heterocycles. The van der Waals surface area contributed by atoms with Gasteiger partial charge in [-0.2, -0.15) is 0 Å². The number of aryl methyl sites for hydroxylation is 1. The Morgan fingerprint density at radius 2 is 1.82 bits per heavy atom. The normalized spacial score (nSPS) is 10.1. The third-order valence-corrected chi connectivity index (χ3v) is 3.73. The number of anilines is 1. The first-order valence-electron chi connectivity index (χ1n) is 6.73. The molecule has 1 amide bonds. The van der Waals surface area contributed by atoms with Crippen LogP contribution >= 0.6 is 15.9 Å². The number of halogens is 1. The maximum atomic E-state index is 12.1. The maximum Gasteiger partial charge on any atom is 0.337 e. The Morgan fingerprint density at radius 3 is 2.41 bits per heavy atom. The molecule has 0 aliphatic rings. The van der Waals surface area contributed by atoms with Crippen molar-refractivity contribution in [2.24, 2.45) is 0 Å². The summed E-state index contributed by atoms with van der Waals surface area (Å²) in [5, 5.41) is 2.85. The van der Waals surface area contributed by atoms with Crippen molar-refractivity contribution in [3.05, 3.63) is 63.6 Å². The van der Waals surface area contributed by atoms with E-state index in [1.54, 1.807) is 18.2 Å². The molecule has 0 saturated heterocycles. The summed E-state index contributed by atoms with van der Waals surface area (Å²) in [5.41, 5.74) is 2.90. The van der Waals surface area contributed by atoms with Crippen LogP contribution in [0.1, 0.15) is 21.5 Å². The van der Waals surface area contributed by atoms with Crippen LogP contribution in [0.2, 0.25) is 0 Å². The quantitative estimate of drug-likeness (QED) is 0.844. The van der Waals surface area contributed by atoms with Crippen LogP contribution in [0.25, 0.3) is 0 Å². The Balaban J connectivity index is 2.05. The lowest BCUT2D eigenvalue weighted by atomic mass is 10.1. The van der Waals surface area contributed by atoms with Crippen molar-refractivity contribution < 1.29 is 14.3 Å². The van der Waals surface area contributed by atoms with Gasteiger partial charge in [-0.05, 0) is 48.4 Å². The van der Waals surface area contributed by atoms with E-state index >= 15 is 0 Å². The van der Waals surface area contributed by atoms with E-state index in [9.17, 15) is 9.59 Å². The van der Waals surface area contributed by atoms with Gasteiger partial charge in [-0.25, -0.2) is 4.79 Å². The zero-order valence-corrected chi connectivity index (χ0v) is 13.9. The van der Waals surface area contributed by atoms with Gasteiger partial charge in [0.05, 0.1) is 19.1 Å². The predicted molar refractivity (Wildman–Crippen MR) is 89.0 cm³/mol. The lowest BCUT2D eigenvalue weighted by Gasteiger charge is -2.10. The Labute approximate surface area is 137 Å². The van der Waals surface area contributed by atoms with Gasteiger partial charge < -0.3 is 10.1 Å². The second-order valence-corrected chi connectivity index (χ2v) is 5.79. The second-order valence-electron chi connectivity index (χ2n) is 4.87. The zero-order valence-electron chi connectivity index (χ0n) is 12.4. The topological polar surface area (TPSA) is 55.4 Å². The first-order valence-corrected chi connectivity index (χ1v) is 7.52. The van der Waals surface area contributed by atoms with Crippen molar-refractivity contribution in [1.29, 1.82) is 0 Å². The monoisotopic (exact) mass is 361 g/mol. The third-order valence-electron chi connectivity index (χ3n) is 3.20. The Morgan fingerprint density at radius 1 is 1.14 bits per heavy atom. The highest BCUT2D eigenvalue weighted by Crippen LogP contribution is 2.18. The summed E-state index contributed by atoms with van der Waals surface area (Å²) in [6.07, 6.45) is 0.297. The molecule has 5 heteroatoms. The Bertz CT molecular complexity index is 696. The standard InChI is InChI=1S/C17H16BrNO3/c1-11-9-13(17(21)22-2)5-8-15(11)19-16(20)10-12-3-6-14(18)7-4-12/h3-9H,10H2,1-2H3,(H,19,20). The van der Waals surface area contributed by atoms with Gasteiger partial charge in [0.25, 0.3) is 0 Å². The maximum absolute atomic E-state index is 12.1. The predicted octanol–water partition coefficient (Wildman–Crippen LogP) is 3.73. The molecule has 0 unspecified atom stereocenters. The molecular formula is C17H16BrNO3. The SMILES string of the molecule is COC(=O)c1ccc(NC(=O)Cc2ccc(Br)cc2)c(C)c1. The molecule has 0 radical (unpaired) electrons. The molecular weight excluding hydrogens is 346 g/mol. The smallest absolute Gasteiger partial charge is 0.337 e. The highest BCUT2D eigenvalue weighted by atomic mass is 79.9. The van der Waals surface area contributed by atoms with Gasteiger partial charge >= 0.3 is 5.97 Å². The molecule has 114 valence electrons. The fraction of sp³-hybridized carbons (Fsp3) is 0.176. The number of esters is 1. The van der Waals surface area contributed by atoms with E-state index < -0.39 is 5.97 Å². The summed E-state index contributed by atoms with van der Waals surface area (Å²) in [4.78, 5) is 23.5. The number of rotatable bonds is 4. The van der Waals surface area contributed by atoms with Gasteiger partial charge in [-0.1, -0.05) is 28.1 Å². The Kier molecular flexibility index (Phi) is 5.33. The molecule has 22 heavy (non-hydrogen) atoms. The average molecular weight is 362 g/mol. The molecule has 0 heterocycles. The fourth-order valence-corrected chi connectivity index (χ4v) is 2.30. The zero-order chi connectivity index (χ0) is 16.1. The van der Waals surface area contributed by atoms with Crippen LogP contribution in [0.15, 0.2) is 46.9 Å². The first kappa shape index (κ1) is 16.2. The van der Waals surface area contributed by atoms with Crippen molar-refractivity contribution in [3.8, 4) is 0 Å².